The minimum Gasteiger partial charge on any atom is -0.441 e. The van der Waals surface area contributed by atoms with Crippen molar-refractivity contribution in [2.24, 2.45) is 0 Å². The van der Waals surface area contributed by atoms with E-state index in [-0.39, 0.29) is 25.0 Å². The van der Waals surface area contributed by atoms with Crippen LogP contribution in [-0.2, 0) is 24.2 Å². The van der Waals surface area contributed by atoms with Gasteiger partial charge in [0.05, 0.1) is 25.0 Å². The first-order valence-corrected chi connectivity index (χ1v) is 10.8. The van der Waals surface area contributed by atoms with Crippen LogP contribution < -0.4 is 10.0 Å². The number of carbonyl (C=O) groups excluding carboxylic acids is 1. The smallest absolute Gasteiger partial charge is 0.407 e. The average molecular weight is 376 g/mol. The summed E-state index contributed by atoms with van der Waals surface area (Å²) in [4.78, 5) is 12.1. The molecule has 3 fully saturated rings. The maximum absolute atomic E-state index is 12.1. The molecule has 25 heavy (non-hydrogen) atoms. The van der Waals surface area contributed by atoms with Gasteiger partial charge in [0.15, 0.2) is 6.10 Å². The summed E-state index contributed by atoms with van der Waals surface area (Å²) in [6, 6.07) is -0.256. The second kappa shape index (κ2) is 8.20. The summed E-state index contributed by atoms with van der Waals surface area (Å²) in [6.07, 6.45) is 4.21. The quantitative estimate of drug-likeness (QED) is 0.714. The Labute approximate surface area is 149 Å². The van der Waals surface area contributed by atoms with Crippen LogP contribution in [0.25, 0.3) is 0 Å². The zero-order valence-corrected chi connectivity index (χ0v) is 15.4. The third kappa shape index (κ3) is 4.84. The summed E-state index contributed by atoms with van der Waals surface area (Å²) >= 11 is 0. The van der Waals surface area contributed by atoms with Crippen LogP contribution in [0.4, 0.5) is 4.79 Å². The fraction of sp³-hybridized carbons (Fsp3) is 0.938. The molecule has 9 heteroatoms. The third-order valence-electron chi connectivity index (χ3n) is 5.00. The minimum atomic E-state index is -3.34. The Balaban J connectivity index is 1.49. The molecule has 0 aromatic carbocycles. The molecule has 4 atom stereocenters. The van der Waals surface area contributed by atoms with Gasteiger partial charge in [-0.05, 0) is 19.3 Å². The molecule has 144 valence electrons. The molecule has 8 nitrogen and oxygen atoms in total. The number of hydrogen-bond acceptors (Lipinski definition) is 6. The predicted molar refractivity (Wildman–Crippen MR) is 90.8 cm³/mol. The largest absolute Gasteiger partial charge is 0.441 e. The Morgan fingerprint density at radius 1 is 1.12 bits per heavy atom. The van der Waals surface area contributed by atoms with E-state index in [0.717, 1.165) is 25.7 Å². The molecule has 2 saturated heterocycles. The Bertz CT molecular complexity index is 563. The maximum Gasteiger partial charge on any atom is 0.407 e. The standard InChI is InChI=1S/C16H28N2O6S/c1-2-8-25(20,21)18-12-9-22-15-13(10-23-14(12)15)24-16(19)17-11-6-4-3-5-7-11/h11-15,18H,2-10H2,1H3,(H,17,19)/t12-,13+,14+,15+/m0/s1. The lowest BCUT2D eigenvalue weighted by atomic mass is 9.96. The van der Waals surface area contributed by atoms with Gasteiger partial charge in [0.1, 0.15) is 12.2 Å². The molecule has 0 aromatic rings. The summed E-state index contributed by atoms with van der Waals surface area (Å²) in [6.45, 7) is 2.26. The number of fused-ring (bicyclic) bond motifs is 1. The van der Waals surface area contributed by atoms with Gasteiger partial charge in [-0.3, -0.25) is 0 Å². The highest BCUT2D eigenvalue weighted by Gasteiger charge is 2.50. The van der Waals surface area contributed by atoms with E-state index in [9.17, 15) is 13.2 Å². The highest BCUT2D eigenvalue weighted by atomic mass is 32.2. The fourth-order valence-electron chi connectivity index (χ4n) is 3.81. The molecule has 0 unspecified atom stereocenters. The Morgan fingerprint density at radius 3 is 2.56 bits per heavy atom. The number of carbonyl (C=O) groups is 1. The van der Waals surface area contributed by atoms with Gasteiger partial charge in [-0.2, -0.15) is 0 Å². The normalized spacial score (nSPS) is 33.2. The molecule has 2 N–H and O–H groups in total. The van der Waals surface area contributed by atoms with Gasteiger partial charge in [-0.15, -0.1) is 0 Å². The maximum atomic E-state index is 12.1. The first kappa shape index (κ1) is 18.9. The van der Waals surface area contributed by atoms with Crippen LogP contribution in [0.3, 0.4) is 0 Å². The van der Waals surface area contributed by atoms with E-state index >= 15 is 0 Å². The van der Waals surface area contributed by atoms with Gasteiger partial charge in [0.25, 0.3) is 0 Å². The third-order valence-corrected chi connectivity index (χ3v) is 6.60. The predicted octanol–water partition coefficient (Wildman–Crippen LogP) is 0.910. The molecule has 1 amide bonds. The molecule has 0 aromatic heterocycles. The molecule has 3 aliphatic rings. The van der Waals surface area contributed by atoms with Crippen LogP contribution in [-0.4, -0.2) is 63.9 Å². The number of sulfonamides is 1. The zero-order chi connectivity index (χ0) is 17.9. The fourth-order valence-corrected chi connectivity index (χ4v) is 5.13. The summed E-state index contributed by atoms with van der Waals surface area (Å²) in [7, 11) is -3.34. The van der Waals surface area contributed by atoms with Crippen molar-refractivity contribution >= 4 is 16.1 Å². The van der Waals surface area contributed by atoms with Crippen LogP contribution in [0, 0.1) is 0 Å². The van der Waals surface area contributed by atoms with Crippen LogP contribution in [0.2, 0.25) is 0 Å². The molecule has 0 bridgehead atoms. The summed E-state index contributed by atoms with van der Waals surface area (Å²) in [5.41, 5.74) is 0. The van der Waals surface area contributed by atoms with Crippen molar-refractivity contribution in [1.29, 1.82) is 0 Å². The molecule has 2 heterocycles. The monoisotopic (exact) mass is 376 g/mol. The van der Waals surface area contributed by atoms with E-state index in [1.807, 2.05) is 6.92 Å². The molecule has 2 aliphatic heterocycles. The van der Waals surface area contributed by atoms with Crippen molar-refractivity contribution in [3.05, 3.63) is 0 Å². The minimum absolute atomic E-state index is 0.0740. The van der Waals surface area contributed by atoms with Crippen molar-refractivity contribution < 1.29 is 27.4 Å². The molecular formula is C16H28N2O6S. The van der Waals surface area contributed by atoms with Gasteiger partial charge in [0.2, 0.25) is 10.0 Å². The van der Waals surface area contributed by atoms with Crippen LogP contribution >= 0.6 is 0 Å². The van der Waals surface area contributed by atoms with Gasteiger partial charge >= 0.3 is 6.09 Å². The Hall–Kier alpha value is -0.900. The lowest BCUT2D eigenvalue weighted by Crippen LogP contribution is -2.45. The lowest BCUT2D eigenvalue weighted by molar-refractivity contribution is 0.00281. The highest BCUT2D eigenvalue weighted by Crippen LogP contribution is 2.29. The number of ether oxygens (including phenoxy) is 3. The summed E-state index contributed by atoms with van der Waals surface area (Å²) in [5, 5.41) is 2.91. The van der Waals surface area contributed by atoms with Gasteiger partial charge in [-0.25, -0.2) is 17.9 Å². The molecule has 3 rings (SSSR count). The molecule has 0 spiro atoms. The molecule has 1 aliphatic carbocycles. The number of rotatable bonds is 6. The number of nitrogens with one attached hydrogen (secondary N) is 2. The second-order valence-corrected chi connectivity index (χ2v) is 8.94. The van der Waals surface area contributed by atoms with Crippen LogP contribution in [0.1, 0.15) is 45.4 Å². The number of hydrogen-bond donors (Lipinski definition) is 2. The van der Waals surface area contributed by atoms with Crippen molar-refractivity contribution in [3.8, 4) is 0 Å². The van der Waals surface area contributed by atoms with E-state index in [1.54, 1.807) is 0 Å². The van der Waals surface area contributed by atoms with Crippen molar-refractivity contribution in [2.45, 2.75) is 75.8 Å². The first-order chi connectivity index (χ1) is 12.0. The van der Waals surface area contributed by atoms with E-state index in [0.29, 0.717) is 6.42 Å². The van der Waals surface area contributed by atoms with E-state index in [4.69, 9.17) is 14.2 Å². The van der Waals surface area contributed by atoms with Gasteiger partial charge < -0.3 is 19.5 Å². The topological polar surface area (TPSA) is 103 Å². The summed E-state index contributed by atoms with van der Waals surface area (Å²) in [5.74, 6) is 0.0740. The van der Waals surface area contributed by atoms with Crippen molar-refractivity contribution in [3.63, 3.8) is 0 Å². The Kier molecular flexibility index (Phi) is 6.19. The SMILES string of the molecule is CCCS(=O)(=O)N[C@H]1CO[C@H]2[C@@H]1OC[C@H]2OC(=O)NC1CCCCC1. The van der Waals surface area contributed by atoms with Crippen molar-refractivity contribution in [1.82, 2.24) is 10.0 Å². The van der Waals surface area contributed by atoms with E-state index in [1.165, 1.54) is 6.42 Å². The van der Waals surface area contributed by atoms with E-state index < -0.39 is 40.5 Å². The van der Waals surface area contributed by atoms with Gasteiger partial charge in [-0.1, -0.05) is 26.2 Å². The zero-order valence-electron chi connectivity index (χ0n) is 14.6. The molecule has 1 saturated carbocycles. The van der Waals surface area contributed by atoms with E-state index in [2.05, 4.69) is 10.0 Å². The second-order valence-electron chi connectivity index (χ2n) is 7.06. The summed E-state index contributed by atoms with van der Waals surface area (Å²) < 4.78 is 43.3. The average Bonchev–Trinajstić information content (AvgIpc) is 3.12. The van der Waals surface area contributed by atoms with Gasteiger partial charge in [0, 0.05) is 6.04 Å². The number of alkyl carbamates (subject to hydrolysis) is 1. The molecular weight excluding hydrogens is 348 g/mol. The molecule has 0 radical (unpaired) electrons. The van der Waals surface area contributed by atoms with Crippen LogP contribution in [0.15, 0.2) is 0 Å². The van der Waals surface area contributed by atoms with Crippen LogP contribution in [0.5, 0.6) is 0 Å². The highest BCUT2D eigenvalue weighted by molar-refractivity contribution is 7.89. The number of amides is 1. The first-order valence-electron chi connectivity index (χ1n) is 9.19. The Morgan fingerprint density at radius 2 is 1.84 bits per heavy atom. The van der Waals surface area contributed by atoms with Crippen molar-refractivity contribution in [2.75, 3.05) is 19.0 Å². The lowest BCUT2D eigenvalue weighted by Gasteiger charge is -2.24.